The second-order valence-electron chi connectivity index (χ2n) is 5.80. The quantitative estimate of drug-likeness (QED) is 0.739. The molecule has 0 unspecified atom stereocenters. The van der Waals surface area contributed by atoms with Gasteiger partial charge in [0.25, 0.3) is 5.91 Å². The Kier molecular flexibility index (Phi) is 7.64. The lowest BCUT2D eigenvalue weighted by atomic mass is 10.2. The fourth-order valence-electron chi connectivity index (χ4n) is 2.24. The second-order valence-corrected chi connectivity index (χ2v) is 6.61. The van der Waals surface area contributed by atoms with Crippen LogP contribution < -0.4 is 10.6 Å². The maximum absolute atomic E-state index is 12.1. The minimum Gasteiger partial charge on any atom is -0.352 e. The van der Waals surface area contributed by atoms with E-state index in [-0.39, 0.29) is 37.2 Å². The predicted molar refractivity (Wildman–Crippen MR) is 106 cm³/mol. The summed E-state index contributed by atoms with van der Waals surface area (Å²) in [6.45, 7) is 0.0665. The average molecular weight is 408 g/mol. The molecule has 0 heterocycles. The molecule has 0 bridgehead atoms. The fourth-order valence-corrected chi connectivity index (χ4v) is 2.54. The molecule has 0 radical (unpaired) electrons. The van der Waals surface area contributed by atoms with Gasteiger partial charge in [-0.25, -0.2) is 0 Å². The topological polar surface area (TPSA) is 78.5 Å². The first-order chi connectivity index (χ1) is 12.9. The number of carbonyl (C=O) groups is 3. The molecule has 2 N–H and O–H groups in total. The van der Waals surface area contributed by atoms with Crippen molar-refractivity contribution in [3.05, 3.63) is 64.1 Å². The van der Waals surface area contributed by atoms with Crippen LogP contribution in [-0.2, 0) is 9.59 Å². The third-order valence-corrected chi connectivity index (χ3v) is 4.41. The zero-order valence-electron chi connectivity index (χ0n) is 14.7. The van der Waals surface area contributed by atoms with Crippen LogP contribution in [0.5, 0.6) is 0 Å². The minimum absolute atomic E-state index is 0.0924. The van der Waals surface area contributed by atoms with Gasteiger partial charge < -0.3 is 15.5 Å². The van der Waals surface area contributed by atoms with E-state index in [1.54, 1.807) is 36.4 Å². The number of amides is 3. The highest BCUT2D eigenvalue weighted by Crippen LogP contribution is 2.24. The van der Waals surface area contributed by atoms with Crippen LogP contribution in [0.1, 0.15) is 16.8 Å². The molecule has 6 nitrogen and oxygen atoms in total. The van der Waals surface area contributed by atoms with Gasteiger partial charge in [0, 0.05) is 31.3 Å². The first-order valence-corrected chi connectivity index (χ1v) is 8.94. The Bertz CT molecular complexity index is 828. The number of carbonyl (C=O) groups excluding carboxylic acids is 3. The summed E-state index contributed by atoms with van der Waals surface area (Å²) in [4.78, 5) is 37.3. The Morgan fingerprint density at radius 3 is 2.37 bits per heavy atom. The van der Waals surface area contributed by atoms with E-state index in [0.717, 1.165) is 0 Å². The summed E-state index contributed by atoms with van der Waals surface area (Å²) >= 11 is 11.7. The van der Waals surface area contributed by atoms with E-state index in [4.69, 9.17) is 23.2 Å². The van der Waals surface area contributed by atoms with Crippen molar-refractivity contribution in [1.82, 2.24) is 10.2 Å². The number of likely N-dealkylation sites (N-methyl/N-ethyl adjacent to an activating group) is 1. The van der Waals surface area contributed by atoms with Crippen LogP contribution in [0.25, 0.3) is 0 Å². The number of anilines is 1. The molecule has 142 valence electrons. The molecule has 2 aromatic rings. The Morgan fingerprint density at radius 1 is 1.00 bits per heavy atom. The smallest absolute Gasteiger partial charge is 0.251 e. The van der Waals surface area contributed by atoms with Crippen LogP contribution in [0, 0.1) is 0 Å². The molecule has 0 spiro atoms. The average Bonchev–Trinajstić information content (AvgIpc) is 2.65. The third kappa shape index (κ3) is 6.58. The number of benzene rings is 2. The zero-order chi connectivity index (χ0) is 19.8. The predicted octanol–water partition coefficient (Wildman–Crippen LogP) is 3.21. The van der Waals surface area contributed by atoms with Gasteiger partial charge in [0.2, 0.25) is 11.8 Å². The number of hydrogen-bond donors (Lipinski definition) is 2. The van der Waals surface area contributed by atoms with Gasteiger partial charge >= 0.3 is 0 Å². The molecular formula is C19H19Cl2N3O3. The summed E-state index contributed by atoms with van der Waals surface area (Å²) in [5, 5.41) is 6.04. The third-order valence-electron chi connectivity index (χ3n) is 3.67. The summed E-state index contributed by atoms with van der Waals surface area (Å²) in [6, 6.07) is 13.5. The van der Waals surface area contributed by atoms with Gasteiger partial charge in [-0.05, 0) is 30.3 Å². The standard InChI is InChI=1S/C19H19Cl2N3O3/c1-24(12-17(25)23-14-7-8-15(20)16(21)11-14)18(26)9-10-22-19(27)13-5-3-2-4-6-13/h2-8,11H,9-10,12H2,1H3,(H,22,27)(H,23,25). The summed E-state index contributed by atoms with van der Waals surface area (Å²) in [6.07, 6.45) is 0.0924. The van der Waals surface area contributed by atoms with Crippen molar-refractivity contribution in [2.75, 3.05) is 25.5 Å². The molecule has 2 aromatic carbocycles. The van der Waals surface area contributed by atoms with Gasteiger partial charge in [-0.3, -0.25) is 14.4 Å². The molecule has 0 aliphatic rings. The Hall–Kier alpha value is -2.57. The SMILES string of the molecule is CN(CC(=O)Nc1ccc(Cl)c(Cl)c1)C(=O)CCNC(=O)c1ccccc1. The summed E-state index contributed by atoms with van der Waals surface area (Å²) in [5.74, 6) is -0.867. The van der Waals surface area contributed by atoms with E-state index in [9.17, 15) is 14.4 Å². The van der Waals surface area contributed by atoms with Gasteiger partial charge in [-0.1, -0.05) is 41.4 Å². The van der Waals surface area contributed by atoms with Gasteiger partial charge in [0.15, 0.2) is 0 Å². The van der Waals surface area contributed by atoms with Crippen molar-refractivity contribution in [3.63, 3.8) is 0 Å². The van der Waals surface area contributed by atoms with Crippen molar-refractivity contribution in [1.29, 1.82) is 0 Å². The van der Waals surface area contributed by atoms with Gasteiger partial charge in [0.05, 0.1) is 16.6 Å². The Labute approximate surface area is 167 Å². The number of hydrogen-bond acceptors (Lipinski definition) is 3. The first-order valence-electron chi connectivity index (χ1n) is 8.19. The molecular weight excluding hydrogens is 389 g/mol. The maximum Gasteiger partial charge on any atom is 0.251 e. The number of nitrogens with one attached hydrogen (secondary N) is 2. The number of halogens is 2. The maximum atomic E-state index is 12.1. The van der Waals surface area contributed by atoms with Crippen LogP contribution in [0.15, 0.2) is 48.5 Å². The van der Waals surface area contributed by atoms with Crippen molar-refractivity contribution < 1.29 is 14.4 Å². The number of rotatable bonds is 7. The molecule has 0 fully saturated rings. The van der Waals surface area contributed by atoms with Gasteiger partial charge in [-0.15, -0.1) is 0 Å². The molecule has 27 heavy (non-hydrogen) atoms. The highest BCUT2D eigenvalue weighted by molar-refractivity contribution is 6.42. The van der Waals surface area contributed by atoms with Crippen LogP contribution in [0.3, 0.4) is 0 Å². The lowest BCUT2D eigenvalue weighted by molar-refractivity contribution is -0.133. The van der Waals surface area contributed by atoms with Crippen LogP contribution >= 0.6 is 23.2 Å². The van der Waals surface area contributed by atoms with E-state index in [1.807, 2.05) is 6.07 Å². The van der Waals surface area contributed by atoms with E-state index < -0.39 is 0 Å². The van der Waals surface area contributed by atoms with Crippen LogP contribution in [-0.4, -0.2) is 42.8 Å². The molecule has 3 amide bonds. The molecule has 0 saturated heterocycles. The van der Waals surface area contributed by atoms with Gasteiger partial charge in [0.1, 0.15) is 0 Å². The van der Waals surface area contributed by atoms with E-state index in [0.29, 0.717) is 21.3 Å². The lowest BCUT2D eigenvalue weighted by Crippen LogP contribution is -2.37. The molecule has 0 aromatic heterocycles. The Morgan fingerprint density at radius 2 is 1.70 bits per heavy atom. The monoisotopic (exact) mass is 407 g/mol. The van der Waals surface area contributed by atoms with Crippen molar-refractivity contribution in [2.45, 2.75) is 6.42 Å². The molecule has 0 saturated carbocycles. The fraction of sp³-hybridized carbons (Fsp3) is 0.211. The van der Waals surface area contributed by atoms with Crippen molar-refractivity contribution in [3.8, 4) is 0 Å². The van der Waals surface area contributed by atoms with Crippen LogP contribution in [0.2, 0.25) is 10.0 Å². The highest BCUT2D eigenvalue weighted by atomic mass is 35.5. The lowest BCUT2D eigenvalue weighted by Gasteiger charge is -2.17. The molecule has 8 heteroatoms. The largest absolute Gasteiger partial charge is 0.352 e. The van der Waals surface area contributed by atoms with Crippen molar-refractivity contribution >= 4 is 46.6 Å². The second kappa shape index (κ2) is 9.94. The molecule has 2 rings (SSSR count). The van der Waals surface area contributed by atoms with Crippen LogP contribution in [0.4, 0.5) is 5.69 Å². The van der Waals surface area contributed by atoms with E-state index >= 15 is 0 Å². The van der Waals surface area contributed by atoms with Crippen molar-refractivity contribution in [2.24, 2.45) is 0 Å². The molecule has 0 atom stereocenters. The summed E-state index contributed by atoms with van der Waals surface area (Å²) < 4.78 is 0. The first kappa shape index (κ1) is 20.7. The Balaban J connectivity index is 1.75. The van der Waals surface area contributed by atoms with E-state index in [1.165, 1.54) is 18.0 Å². The number of nitrogens with zero attached hydrogens (tertiary/aromatic N) is 1. The summed E-state index contributed by atoms with van der Waals surface area (Å²) in [5.41, 5.74) is 1.02. The summed E-state index contributed by atoms with van der Waals surface area (Å²) in [7, 11) is 1.52. The molecule has 0 aliphatic carbocycles. The minimum atomic E-state index is -0.363. The normalized spacial score (nSPS) is 10.2. The van der Waals surface area contributed by atoms with Gasteiger partial charge in [-0.2, -0.15) is 0 Å². The molecule has 0 aliphatic heterocycles. The van der Waals surface area contributed by atoms with E-state index in [2.05, 4.69) is 10.6 Å². The zero-order valence-corrected chi connectivity index (χ0v) is 16.2. The highest BCUT2D eigenvalue weighted by Gasteiger charge is 2.14.